The van der Waals surface area contributed by atoms with Crippen LogP contribution in [-0.4, -0.2) is 77.9 Å². The van der Waals surface area contributed by atoms with Gasteiger partial charge in [-0.3, -0.25) is 14.3 Å². The summed E-state index contributed by atoms with van der Waals surface area (Å²) in [5.74, 6) is 0.0582. The number of rotatable bonds is 11. The second-order valence-electron chi connectivity index (χ2n) is 13.6. The zero-order chi connectivity index (χ0) is 33.3. The van der Waals surface area contributed by atoms with Crippen LogP contribution >= 0.6 is 0 Å². The largest absolute Gasteiger partial charge is 0.497 e. The second-order valence-corrected chi connectivity index (χ2v) is 17.6. The molecule has 0 saturated carbocycles. The van der Waals surface area contributed by atoms with Crippen LogP contribution in [0.3, 0.4) is 0 Å². The summed E-state index contributed by atoms with van der Waals surface area (Å²) in [6.07, 6.45) is 4.20. The molecular formula is C34H46N6O6Si. The number of methoxy groups -OCH3 is 1. The lowest BCUT2D eigenvalue weighted by Crippen LogP contribution is -2.46. The van der Waals surface area contributed by atoms with Crippen LogP contribution in [0.2, 0.25) is 18.6 Å². The highest BCUT2D eigenvalue weighted by Crippen LogP contribution is 2.60. The van der Waals surface area contributed by atoms with Crippen LogP contribution < -0.4 is 20.3 Å². The number of aryl methyl sites for hydroxylation is 1. The van der Waals surface area contributed by atoms with Gasteiger partial charge in [-0.15, -0.1) is 5.10 Å². The van der Waals surface area contributed by atoms with Crippen LogP contribution in [0.1, 0.15) is 43.0 Å². The number of anilines is 2. The molecular weight excluding hydrogens is 616 g/mol. The molecule has 6 rings (SSSR count). The Morgan fingerprint density at radius 2 is 2.09 bits per heavy atom. The van der Waals surface area contributed by atoms with Crippen molar-refractivity contribution < 1.29 is 29.0 Å². The van der Waals surface area contributed by atoms with Crippen molar-refractivity contribution in [3.05, 3.63) is 65.5 Å². The molecule has 2 saturated heterocycles. The van der Waals surface area contributed by atoms with Crippen molar-refractivity contribution in [3.8, 4) is 5.75 Å². The van der Waals surface area contributed by atoms with Crippen LogP contribution in [0, 0.1) is 11.8 Å². The summed E-state index contributed by atoms with van der Waals surface area (Å²) >= 11 is 0. The summed E-state index contributed by atoms with van der Waals surface area (Å²) in [7, 11) is -1.25. The van der Waals surface area contributed by atoms with Crippen LogP contribution in [0.15, 0.2) is 48.7 Å². The zero-order valence-electron chi connectivity index (χ0n) is 27.6. The first-order chi connectivity index (χ1) is 22.5. The number of ether oxygens (including phenoxy) is 2. The fourth-order valence-electron chi connectivity index (χ4n) is 7.80. The van der Waals surface area contributed by atoms with E-state index in [2.05, 4.69) is 20.9 Å². The average molecular weight is 663 g/mol. The van der Waals surface area contributed by atoms with Gasteiger partial charge >= 0.3 is 0 Å². The Bertz CT molecular complexity index is 1600. The van der Waals surface area contributed by atoms with Crippen molar-refractivity contribution in [2.24, 2.45) is 11.8 Å². The number of hydrogen-bond donors (Lipinski definition) is 4. The summed E-state index contributed by atoms with van der Waals surface area (Å²) in [5, 5.41) is 24.0. The van der Waals surface area contributed by atoms with Gasteiger partial charge in [0.25, 0.3) is 5.91 Å². The monoisotopic (exact) mass is 662 g/mol. The first-order valence-corrected chi connectivity index (χ1v) is 19.6. The molecule has 3 aromatic rings. The molecule has 252 valence electrons. The van der Waals surface area contributed by atoms with E-state index in [1.807, 2.05) is 68.7 Å². The van der Waals surface area contributed by atoms with Gasteiger partial charge in [0, 0.05) is 55.0 Å². The number of piperidine rings is 1. The maximum absolute atomic E-state index is 14.8. The van der Waals surface area contributed by atoms with Gasteiger partial charge in [-0.05, 0) is 74.8 Å². The Hall–Kier alpha value is -3.62. The standard InChI is InChI=1S/C34H46N6O6Si/c1-22-31(47(3,4)44)30(12-15-39-21-26(13-16-41)37-38-39)46-34(22)28-18-27(45-2)10-11-29(28)40(33(34)43)20-23-7-5-9-25(17-23)36-32(42)24-8-6-14-35-19-24/h5,7,9-11,17-18,21-22,24,30-31,35,41,44H,6,8,12-16,19-20H2,1-4H3,(H,36,42)/t22-,24?,30+,31-,34+/m1/s1. The first-order valence-electron chi connectivity index (χ1n) is 16.6. The summed E-state index contributed by atoms with van der Waals surface area (Å²) < 4.78 is 14.3. The van der Waals surface area contributed by atoms with E-state index in [1.54, 1.807) is 16.7 Å². The van der Waals surface area contributed by atoms with Crippen molar-refractivity contribution in [1.29, 1.82) is 0 Å². The SMILES string of the molecule is COc1ccc2c(c1)[C@]1(O[C@@H](CCn3cc(CCO)nn3)[C@H]([Si](C)(C)O)[C@H]1C)C(=O)N2Cc1cccc(NC(=O)C2CCCNC2)c1. The van der Waals surface area contributed by atoms with Gasteiger partial charge in [0.1, 0.15) is 5.75 Å². The topological polar surface area (TPSA) is 151 Å². The molecule has 13 heteroatoms. The third-order valence-electron chi connectivity index (χ3n) is 9.99. The predicted octanol–water partition coefficient (Wildman–Crippen LogP) is 3.19. The van der Waals surface area contributed by atoms with Gasteiger partial charge in [0.15, 0.2) is 13.9 Å². The Balaban J connectivity index is 1.29. The summed E-state index contributed by atoms with van der Waals surface area (Å²) in [6, 6.07) is 13.3. The summed E-state index contributed by atoms with van der Waals surface area (Å²) in [6.45, 7) is 8.22. The maximum atomic E-state index is 14.8. The summed E-state index contributed by atoms with van der Waals surface area (Å²) in [4.78, 5) is 41.1. The van der Waals surface area contributed by atoms with Crippen LogP contribution in [0.25, 0.3) is 0 Å². The molecule has 0 aliphatic carbocycles. The highest BCUT2D eigenvalue weighted by molar-refractivity contribution is 6.71. The van der Waals surface area contributed by atoms with Gasteiger partial charge in [0.2, 0.25) is 5.91 Å². The lowest BCUT2D eigenvalue weighted by molar-refractivity contribution is -0.146. The number of fused-ring (bicyclic) bond motifs is 2. The molecule has 1 unspecified atom stereocenters. The molecule has 2 aromatic carbocycles. The number of benzene rings is 2. The van der Waals surface area contributed by atoms with Gasteiger partial charge in [-0.2, -0.15) is 0 Å². The van der Waals surface area contributed by atoms with Gasteiger partial charge in [-0.1, -0.05) is 24.3 Å². The lowest BCUT2D eigenvalue weighted by atomic mass is 9.82. The number of amides is 2. The third-order valence-corrected chi connectivity index (χ3v) is 12.5. The van der Waals surface area contributed by atoms with E-state index >= 15 is 0 Å². The number of nitrogens with zero attached hydrogens (tertiary/aromatic N) is 4. The predicted molar refractivity (Wildman–Crippen MR) is 179 cm³/mol. The molecule has 2 amide bonds. The number of carbonyl (C=O) groups excluding carboxylic acids is 2. The van der Waals surface area contributed by atoms with Gasteiger partial charge in [-0.25, -0.2) is 0 Å². The smallest absolute Gasteiger partial charge is 0.264 e. The molecule has 0 bridgehead atoms. The fraction of sp³-hybridized carbons (Fsp3) is 0.529. The molecule has 4 heterocycles. The molecule has 12 nitrogen and oxygen atoms in total. The third kappa shape index (κ3) is 6.46. The van der Waals surface area contributed by atoms with E-state index in [0.717, 1.165) is 36.2 Å². The summed E-state index contributed by atoms with van der Waals surface area (Å²) in [5.41, 5.74) is 2.21. The molecule has 1 aromatic heterocycles. The van der Waals surface area contributed by atoms with Gasteiger partial charge in [0.05, 0.1) is 37.1 Å². The molecule has 1 spiro atoms. The lowest BCUT2D eigenvalue weighted by Gasteiger charge is -2.32. The number of aromatic nitrogens is 3. The number of hydrogen-bond acceptors (Lipinski definition) is 9. The quantitative estimate of drug-likeness (QED) is 0.227. The van der Waals surface area contributed by atoms with E-state index in [0.29, 0.717) is 43.1 Å². The van der Waals surface area contributed by atoms with E-state index in [1.165, 1.54) is 0 Å². The minimum atomic E-state index is -2.85. The van der Waals surface area contributed by atoms with Crippen molar-refractivity contribution in [2.75, 3.05) is 37.0 Å². The van der Waals surface area contributed by atoms with Crippen molar-refractivity contribution in [2.45, 2.75) is 76.0 Å². The molecule has 47 heavy (non-hydrogen) atoms. The van der Waals surface area contributed by atoms with Crippen molar-refractivity contribution in [3.63, 3.8) is 0 Å². The number of nitrogens with one attached hydrogen (secondary N) is 2. The minimum Gasteiger partial charge on any atom is -0.497 e. The Labute approximate surface area is 276 Å². The number of aliphatic hydroxyl groups excluding tert-OH is 1. The average Bonchev–Trinajstić information content (AvgIpc) is 3.70. The zero-order valence-corrected chi connectivity index (χ0v) is 28.6. The van der Waals surface area contributed by atoms with E-state index < -0.39 is 20.0 Å². The second kappa shape index (κ2) is 13.5. The highest BCUT2D eigenvalue weighted by atomic mass is 28.4. The van der Waals surface area contributed by atoms with Crippen LogP contribution in [-0.2, 0) is 39.4 Å². The molecule has 3 aliphatic rings. The Morgan fingerprint density at radius 1 is 1.26 bits per heavy atom. The number of carbonyl (C=O) groups is 2. The molecule has 4 N–H and O–H groups in total. The molecule has 2 fully saturated rings. The van der Waals surface area contributed by atoms with Crippen molar-refractivity contribution >= 4 is 31.5 Å². The van der Waals surface area contributed by atoms with Crippen LogP contribution in [0.4, 0.5) is 11.4 Å². The first kappa shape index (κ1) is 33.3. The molecule has 0 radical (unpaired) electrons. The number of aliphatic hydroxyl groups is 1. The highest BCUT2D eigenvalue weighted by Gasteiger charge is 2.66. The van der Waals surface area contributed by atoms with E-state index in [4.69, 9.17) is 9.47 Å². The fourth-order valence-corrected chi connectivity index (χ4v) is 10.4. The maximum Gasteiger partial charge on any atom is 0.264 e. The van der Waals surface area contributed by atoms with Crippen molar-refractivity contribution in [1.82, 2.24) is 20.3 Å². The Kier molecular flexibility index (Phi) is 9.54. The van der Waals surface area contributed by atoms with Gasteiger partial charge < -0.3 is 34.9 Å². The molecule has 3 aliphatic heterocycles. The normalized spacial score (nSPS) is 25.7. The van der Waals surface area contributed by atoms with E-state index in [-0.39, 0.29) is 42.3 Å². The minimum absolute atomic E-state index is 0.000412. The Morgan fingerprint density at radius 3 is 2.81 bits per heavy atom. The molecule has 5 atom stereocenters. The van der Waals surface area contributed by atoms with Crippen LogP contribution in [0.5, 0.6) is 5.75 Å². The van der Waals surface area contributed by atoms with E-state index in [9.17, 15) is 19.5 Å².